The summed E-state index contributed by atoms with van der Waals surface area (Å²) in [5, 5.41) is -0.423. The molecule has 1 N–H and O–H groups in total. The van der Waals surface area contributed by atoms with E-state index in [1.165, 1.54) is 0 Å². The first-order valence-corrected chi connectivity index (χ1v) is 7.08. The summed E-state index contributed by atoms with van der Waals surface area (Å²) < 4.78 is 64.9. The van der Waals surface area contributed by atoms with Crippen LogP contribution in [0.2, 0.25) is 5.02 Å². The number of hydrogen-bond donors (Lipinski definition) is 1. The quantitative estimate of drug-likeness (QED) is 0.939. The van der Waals surface area contributed by atoms with Gasteiger partial charge in [0.1, 0.15) is 17.3 Å². The van der Waals surface area contributed by atoms with Crippen LogP contribution >= 0.6 is 11.6 Å². The lowest BCUT2D eigenvalue weighted by atomic mass is 10.3. The monoisotopic (exact) mass is 321 g/mol. The van der Waals surface area contributed by atoms with Crippen molar-refractivity contribution in [2.75, 3.05) is 4.72 Å². The zero-order valence-corrected chi connectivity index (χ0v) is 11.3. The van der Waals surface area contributed by atoms with Gasteiger partial charge in [0.15, 0.2) is 5.82 Å². The molecule has 0 aliphatic heterocycles. The summed E-state index contributed by atoms with van der Waals surface area (Å²) in [5.74, 6) is -2.70. The van der Waals surface area contributed by atoms with Crippen LogP contribution in [-0.4, -0.2) is 8.42 Å². The highest BCUT2D eigenvalue weighted by molar-refractivity contribution is 7.92. The summed E-state index contributed by atoms with van der Waals surface area (Å²) in [5.41, 5.74) is -0.572. The lowest BCUT2D eigenvalue weighted by Gasteiger charge is -2.10. The zero-order valence-electron chi connectivity index (χ0n) is 9.70. The van der Waals surface area contributed by atoms with E-state index in [2.05, 4.69) is 0 Å². The molecule has 0 heterocycles. The van der Waals surface area contributed by atoms with Gasteiger partial charge in [0.05, 0.1) is 9.92 Å². The lowest BCUT2D eigenvalue weighted by Crippen LogP contribution is -2.14. The third kappa shape index (κ3) is 3.05. The van der Waals surface area contributed by atoms with Crippen LogP contribution in [0, 0.1) is 17.5 Å². The van der Waals surface area contributed by atoms with Crippen molar-refractivity contribution < 1.29 is 21.6 Å². The molecule has 8 heteroatoms. The summed E-state index contributed by atoms with van der Waals surface area (Å²) in [4.78, 5) is -0.279. The van der Waals surface area contributed by atoms with Crippen LogP contribution < -0.4 is 4.72 Å². The Morgan fingerprint density at radius 2 is 1.55 bits per heavy atom. The summed E-state index contributed by atoms with van der Waals surface area (Å²) in [6.45, 7) is 0. The molecule has 0 radical (unpaired) electrons. The highest BCUT2D eigenvalue weighted by Gasteiger charge is 2.19. The molecule has 0 fully saturated rings. The number of sulfonamides is 1. The number of anilines is 1. The van der Waals surface area contributed by atoms with Gasteiger partial charge in [-0.1, -0.05) is 11.6 Å². The molecule has 0 spiro atoms. The van der Waals surface area contributed by atoms with E-state index < -0.39 is 38.2 Å². The highest BCUT2D eigenvalue weighted by atomic mass is 35.5. The Hall–Kier alpha value is -1.73. The SMILES string of the molecule is O=S(=O)(Nc1c(F)cc(F)cc1Cl)c1ccc(F)cc1. The third-order valence-electron chi connectivity index (χ3n) is 2.37. The number of nitrogens with one attached hydrogen (secondary N) is 1. The molecule has 0 amide bonds. The van der Waals surface area contributed by atoms with Gasteiger partial charge in [-0.3, -0.25) is 4.72 Å². The molecule has 0 bridgehead atoms. The fraction of sp³-hybridized carbons (Fsp3) is 0. The van der Waals surface area contributed by atoms with Crippen molar-refractivity contribution in [3.63, 3.8) is 0 Å². The van der Waals surface area contributed by atoms with E-state index in [4.69, 9.17) is 11.6 Å². The van der Waals surface area contributed by atoms with E-state index in [1.807, 2.05) is 4.72 Å². The Balaban J connectivity index is 2.41. The first-order valence-electron chi connectivity index (χ1n) is 5.22. The zero-order chi connectivity index (χ0) is 14.9. The van der Waals surface area contributed by atoms with Gasteiger partial charge >= 0.3 is 0 Å². The fourth-order valence-electron chi connectivity index (χ4n) is 1.45. The molecule has 0 aromatic heterocycles. The van der Waals surface area contributed by atoms with Crippen molar-refractivity contribution in [2.45, 2.75) is 4.90 Å². The Morgan fingerprint density at radius 1 is 0.950 bits per heavy atom. The maximum Gasteiger partial charge on any atom is 0.262 e. The predicted octanol–water partition coefficient (Wildman–Crippen LogP) is 3.56. The van der Waals surface area contributed by atoms with Crippen LogP contribution in [0.1, 0.15) is 0 Å². The summed E-state index contributed by atoms with van der Waals surface area (Å²) in [7, 11) is -4.15. The molecule has 2 aromatic rings. The number of hydrogen-bond acceptors (Lipinski definition) is 2. The van der Waals surface area contributed by atoms with Crippen molar-refractivity contribution in [3.05, 3.63) is 58.9 Å². The fourth-order valence-corrected chi connectivity index (χ4v) is 2.83. The Morgan fingerprint density at radius 3 is 2.10 bits per heavy atom. The van der Waals surface area contributed by atoms with Crippen molar-refractivity contribution in [1.29, 1.82) is 0 Å². The maximum atomic E-state index is 13.5. The molecular formula is C12H7ClF3NO2S. The van der Waals surface area contributed by atoms with Crippen molar-refractivity contribution in [2.24, 2.45) is 0 Å². The first-order chi connectivity index (χ1) is 9.29. The summed E-state index contributed by atoms with van der Waals surface area (Å²) in [6.07, 6.45) is 0. The average Bonchev–Trinajstić information content (AvgIpc) is 2.34. The van der Waals surface area contributed by atoms with E-state index in [1.54, 1.807) is 0 Å². The molecule has 0 saturated heterocycles. The molecule has 0 saturated carbocycles. The maximum absolute atomic E-state index is 13.5. The van der Waals surface area contributed by atoms with Crippen molar-refractivity contribution >= 4 is 27.3 Å². The van der Waals surface area contributed by atoms with Gasteiger partial charge in [-0.25, -0.2) is 21.6 Å². The van der Waals surface area contributed by atoms with E-state index in [-0.39, 0.29) is 4.90 Å². The van der Waals surface area contributed by atoms with Gasteiger partial charge in [0.2, 0.25) is 0 Å². The second-order valence-corrected chi connectivity index (χ2v) is 5.89. The molecule has 2 rings (SSSR count). The predicted molar refractivity (Wildman–Crippen MR) is 68.6 cm³/mol. The second-order valence-electron chi connectivity index (χ2n) is 3.80. The largest absolute Gasteiger partial charge is 0.275 e. The topological polar surface area (TPSA) is 46.2 Å². The van der Waals surface area contributed by atoms with Gasteiger partial charge in [-0.2, -0.15) is 0 Å². The Kier molecular flexibility index (Phi) is 3.92. The molecule has 0 aliphatic carbocycles. The van der Waals surface area contributed by atoms with Crippen molar-refractivity contribution in [1.82, 2.24) is 0 Å². The van der Waals surface area contributed by atoms with Crippen LogP contribution in [0.5, 0.6) is 0 Å². The molecule has 0 aliphatic rings. The molecule has 3 nitrogen and oxygen atoms in total. The number of halogens is 4. The minimum absolute atomic E-state index is 0.279. The van der Waals surface area contributed by atoms with Crippen LogP contribution in [0.15, 0.2) is 41.3 Å². The third-order valence-corrected chi connectivity index (χ3v) is 4.03. The molecule has 0 atom stereocenters. The van der Waals surface area contributed by atoms with E-state index in [0.717, 1.165) is 30.3 Å². The van der Waals surface area contributed by atoms with E-state index in [9.17, 15) is 21.6 Å². The lowest BCUT2D eigenvalue weighted by molar-refractivity contribution is 0.582. The first kappa shape index (κ1) is 14.7. The Bertz CT molecular complexity index is 725. The van der Waals surface area contributed by atoms with Crippen LogP contribution in [0.25, 0.3) is 0 Å². The normalized spacial score (nSPS) is 11.4. The number of benzene rings is 2. The number of rotatable bonds is 3. The minimum atomic E-state index is -4.15. The van der Waals surface area contributed by atoms with Crippen LogP contribution in [0.4, 0.5) is 18.9 Å². The summed E-state index contributed by atoms with van der Waals surface area (Å²) >= 11 is 5.59. The van der Waals surface area contributed by atoms with E-state index in [0.29, 0.717) is 6.07 Å². The van der Waals surface area contributed by atoms with Gasteiger partial charge in [0, 0.05) is 6.07 Å². The molecule has 2 aromatic carbocycles. The van der Waals surface area contributed by atoms with Gasteiger partial charge in [-0.05, 0) is 30.3 Å². The molecular weight excluding hydrogens is 315 g/mol. The van der Waals surface area contributed by atoms with Gasteiger partial charge in [-0.15, -0.1) is 0 Å². The summed E-state index contributed by atoms with van der Waals surface area (Å²) in [6, 6.07) is 5.16. The molecule has 0 unspecified atom stereocenters. The standard InChI is InChI=1S/C12H7ClF3NO2S/c13-10-5-8(15)6-11(16)12(10)17-20(18,19)9-3-1-7(14)2-4-9/h1-6,17H. The van der Waals surface area contributed by atoms with E-state index >= 15 is 0 Å². The van der Waals surface area contributed by atoms with Crippen LogP contribution in [0.3, 0.4) is 0 Å². The molecule has 20 heavy (non-hydrogen) atoms. The second kappa shape index (κ2) is 5.34. The smallest absolute Gasteiger partial charge is 0.262 e. The van der Waals surface area contributed by atoms with Crippen molar-refractivity contribution in [3.8, 4) is 0 Å². The van der Waals surface area contributed by atoms with Gasteiger partial charge < -0.3 is 0 Å². The Labute approximate surface area is 118 Å². The molecule has 106 valence electrons. The van der Waals surface area contributed by atoms with Crippen LogP contribution in [-0.2, 0) is 10.0 Å². The van der Waals surface area contributed by atoms with Gasteiger partial charge in [0.25, 0.3) is 10.0 Å². The minimum Gasteiger partial charge on any atom is -0.275 e. The average molecular weight is 322 g/mol. The highest BCUT2D eigenvalue weighted by Crippen LogP contribution is 2.28.